The summed E-state index contributed by atoms with van der Waals surface area (Å²) in [5.74, 6) is 1.64. The number of furan rings is 1. The maximum atomic E-state index is 13.2. The van der Waals surface area contributed by atoms with E-state index in [1.54, 1.807) is 17.0 Å². The largest absolute Gasteiger partial charge is 0.465 e. The van der Waals surface area contributed by atoms with Crippen molar-refractivity contribution >= 4 is 11.6 Å². The molecule has 2 aliphatic rings. The molecule has 0 aliphatic carbocycles. The van der Waals surface area contributed by atoms with Gasteiger partial charge in [-0.15, -0.1) is 0 Å². The van der Waals surface area contributed by atoms with Crippen LogP contribution in [0.5, 0.6) is 0 Å². The molecule has 0 unspecified atom stereocenters. The van der Waals surface area contributed by atoms with Gasteiger partial charge in [0.15, 0.2) is 0 Å². The van der Waals surface area contributed by atoms with Gasteiger partial charge >= 0.3 is 0 Å². The Morgan fingerprint density at radius 3 is 2.44 bits per heavy atom. The zero-order valence-corrected chi connectivity index (χ0v) is 15.6. The summed E-state index contributed by atoms with van der Waals surface area (Å²) in [7, 11) is 0. The number of piperidine rings is 1. The summed E-state index contributed by atoms with van der Waals surface area (Å²) >= 11 is 0. The van der Waals surface area contributed by atoms with Gasteiger partial charge in [0.05, 0.1) is 18.7 Å². The van der Waals surface area contributed by atoms with Crippen LogP contribution in [0.15, 0.2) is 40.8 Å². The van der Waals surface area contributed by atoms with Crippen molar-refractivity contribution in [3.63, 3.8) is 0 Å². The average molecular weight is 372 g/mol. The Morgan fingerprint density at radius 2 is 1.78 bits per heavy atom. The zero-order valence-electron chi connectivity index (χ0n) is 15.6. The van der Waals surface area contributed by atoms with Crippen LogP contribution in [-0.2, 0) is 22.5 Å². The molecule has 2 fully saturated rings. The number of ether oxygens (including phenoxy) is 1. The number of amides is 1. The van der Waals surface area contributed by atoms with E-state index in [0.29, 0.717) is 6.54 Å². The van der Waals surface area contributed by atoms with E-state index < -0.39 is 0 Å². The highest BCUT2D eigenvalue weighted by atomic mass is 19.1. The predicted octanol–water partition coefficient (Wildman–Crippen LogP) is 3.38. The van der Waals surface area contributed by atoms with E-state index in [2.05, 4.69) is 17.9 Å². The minimum atomic E-state index is -0.323. The Hall–Kier alpha value is -2.18. The number of anilines is 1. The van der Waals surface area contributed by atoms with E-state index >= 15 is 0 Å². The van der Waals surface area contributed by atoms with Gasteiger partial charge in [0.2, 0.25) is 0 Å². The number of carbonyl (C=O) groups excluding carboxylic acids is 1. The van der Waals surface area contributed by atoms with E-state index in [9.17, 15) is 9.18 Å². The molecule has 1 spiro atoms. The van der Waals surface area contributed by atoms with Crippen LogP contribution >= 0.6 is 0 Å². The summed E-state index contributed by atoms with van der Waals surface area (Å²) in [4.78, 5) is 16.4. The Balaban J connectivity index is 1.39. The van der Waals surface area contributed by atoms with E-state index in [1.165, 1.54) is 12.1 Å². The molecule has 2 aromatic rings. The fourth-order valence-electron chi connectivity index (χ4n) is 3.91. The van der Waals surface area contributed by atoms with E-state index in [0.717, 1.165) is 56.1 Å². The van der Waals surface area contributed by atoms with Crippen LogP contribution in [0.3, 0.4) is 0 Å². The number of aryl methyl sites for hydroxylation is 1. The normalized spacial score (nSPS) is 20.4. The second-order valence-electron chi connectivity index (χ2n) is 7.43. The number of halogens is 1. The van der Waals surface area contributed by atoms with E-state index in [4.69, 9.17) is 9.15 Å². The number of rotatable bonds is 4. The monoisotopic (exact) mass is 372 g/mol. The first kappa shape index (κ1) is 18.2. The second-order valence-corrected chi connectivity index (χ2v) is 7.43. The van der Waals surface area contributed by atoms with Crippen molar-refractivity contribution in [2.24, 2.45) is 0 Å². The lowest BCUT2D eigenvalue weighted by Gasteiger charge is -2.46. The second kappa shape index (κ2) is 7.44. The molecule has 0 atom stereocenters. The van der Waals surface area contributed by atoms with Crippen LogP contribution in [0.25, 0.3) is 0 Å². The minimum absolute atomic E-state index is 0.0719. The van der Waals surface area contributed by atoms with Gasteiger partial charge in [-0.25, -0.2) is 4.39 Å². The molecule has 1 amide bonds. The lowest BCUT2D eigenvalue weighted by molar-refractivity contribution is -0.145. The summed E-state index contributed by atoms with van der Waals surface area (Å²) in [6.45, 7) is 5.28. The molecule has 0 bridgehead atoms. The number of nitrogens with zero attached hydrogens (tertiary/aromatic N) is 2. The van der Waals surface area contributed by atoms with E-state index in [-0.39, 0.29) is 23.9 Å². The van der Waals surface area contributed by atoms with Crippen LogP contribution in [0, 0.1) is 5.82 Å². The highest BCUT2D eigenvalue weighted by molar-refractivity contribution is 5.95. The molecule has 0 radical (unpaired) electrons. The molecule has 144 valence electrons. The molecule has 2 saturated heterocycles. The van der Waals surface area contributed by atoms with E-state index in [1.807, 2.05) is 6.07 Å². The fourth-order valence-corrected chi connectivity index (χ4v) is 3.91. The maximum Gasteiger partial charge on any atom is 0.253 e. The summed E-state index contributed by atoms with van der Waals surface area (Å²) in [6.07, 6.45) is 2.63. The molecule has 1 aromatic carbocycles. The summed E-state index contributed by atoms with van der Waals surface area (Å²) in [5.41, 5.74) is 0.408. The Bertz CT molecular complexity index is 794. The van der Waals surface area contributed by atoms with Crippen LogP contribution in [-0.4, -0.2) is 42.6 Å². The molecule has 27 heavy (non-hydrogen) atoms. The van der Waals surface area contributed by atoms with Crippen molar-refractivity contribution in [3.05, 3.63) is 53.7 Å². The molecule has 4 rings (SSSR count). The summed E-state index contributed by atoms with van der Waals surface area (Å²) in [5, 5.41) is 0. The van der Waals surface area contributed by atoms with Gasteiger partial charge < -0.3 is 14.1 Å². The number of hydrogen-bond acceptors (Lipinski definition) is 4. The summed E-state index contributed by atoms with van der Waals surface area (Å²) in [6, 6.07) is 10.2. The lowest BCUT2D eigenvalue weighted by Crippen LogP contribution is -2.58. The van der Waals surface area contributed by atoms with Gasteiger partial charge in [0.1, 0.15) is 23.9 Å². The molecule has 6 heteroatoms. The van der Waals surface area contributed by atoms with Gasteiger partial charge in [0, 0.05) is 25.2 Å². The molecular weight excluding hydrogens is 347 g/mol. The Labute approximate surface area is 158 Å². The number of likely N-dealkylation sites (tertiary alicyclic amines) is 1. The fraction of sp³-hybridized carbons (Fsp3) is 0.476. The third-order valence-corrected chi connectivity index (χ3v) is 5.60. The first-order chi connectivity index (χ1) is 13.1. The van der Waals surface area contributed by atoms with Crippen LogP contribution < -0.4 is 4.90 Å². The molecule has 0 saturated carbocycles. The Kier molecular flexibility index (Phi) is 5.02. The highest BCUT2D eigenvalue weighted by Gasteiger charge is 2.42. The smallest absolute Gasteiger partial charge is 0.253 e. The van der Waals surface area contributed by atoms with Crippen molar-refractivity contribution in [1.82, 2.24) is 4.90 Å². The van der Waals surface area contributed by atoms with Crippen molar-refractivity contribution in [2.75, 3.05) is 31.1 Å². The van der Waals surface area contributed by atoms with Gasteiger partial charge in [-0.05, 0) is 49.2 Å². The Morgan fingerprint density at radius 1 is 1.07 bits per heavy atom. The van der Waals surface area contributed by atoms with Crippen molar-refractivity contribution < 1.29 is 18.3 Å². The van der Waals surface area contributed by atoms with Crippen LogP contribution in [0.1, 0.15) is 31.3 Å². The molecule has 2 aliphatic heterocycles. The standard InChI is InChI=1S/C21H25FN2O3/c1-2-18-7-8-19(27-18)13-23-11-9-21(10-12-23)15-24(20(25)14-26-21)17-5-3-16(22)4-6-17/h3-8H,2,9-15H2,1H3. The quantitative estimate of drug-likeness (QED) is 0.825. The molecule has 1 aromatic heterocycles. The molecular formula is C21H25FN2O3. The van der Waals surface area contributed by atoms with Gasteiger partial charge in [-0.1, -0.05) is 6.92 Å². The van der Waals surface area contributed by atoms with Crippen molar-refractivity contribution in [2.45, 2.75) is 38.3 Å². The number of benzene rings is 1. The number of carbonyl (C=O) groups is 1. The average Bonchev–Trinajstić information content (AvgIpc) is 3.14. The number of morpholine rings is 1. The molecule has 0 N–H and O–H groups in total. The topological polar surface area (TPSA) is 45.9 Å². The first-order valence-corrected chi connectivity index (χ1v) is 9.57. The maximum absolute atomic E-state index is 13.2. The van der Waals surface area contributed by atoms with Gasteiger partial charge in [0.25, 0.3) is 5.91 Å². The van der Waals surface area contributed by atoms with Crippen LogP contribution in [0.2, 0.25) is 0 Å². The third kappa shape index (κ3) is 3.92. The first-order valence-electron chi connectivity index (χ1n) is 9.57. The zero-order chi connectivity index (χ0) is 18.9. The van der Waals surface area contributed by atoms with Gasteiger partial charge in [-0.2, -0.15) is 0 Å². The SMILES string of the molecule is CCc1ccc(CN2CCC3(CC2)CN(c2ccc(F)cc2)C(=O)CO3)o1. The molecule has 3 heterocycles. The minimum Gasteiger partial charge on any atom is -0.465 e. The molecule has 5 nitrogen and oxygen atoms in total. The number of hydrogen-bond donors (Lipinski definition) is 0. The van der Waals surface area contributed by atoms with Crippen molar-refractivity contribution in [3.8, 4) is 0 Å². The highest BCUT2D eigenvalue weighted by Crippen LogP contribution is 2.33. The van der Waals surface area contributed by atoms with Gasteiger partial charge in [-0.3, -0.25) is 9.69 Å². The third-order valence-electron chi connectivity index (χ3n) is 5.60. The lowest BCUT2D eigenvalue weighted by atomic mass is 9.89. The van der Waals surface area contributed by atoms with Crippen LogP contribution in [0.4, 0.5) is 10.1 Å². The van der Waals surface area contributed by atoms with Crippen molar-refractivity contribution in [1.29, 1.82) is 0 Å². The summed E-state index contributed by atoms with van der Waals surface area (Å²) < 4.78 is 25.0. The predicted molar refractivity (Wildman–Crippen MR) is 100 cm³/mol.